The van der Waals surface area contributed by atoms with Gasteiger partial charge in [0.05, 0.1) is 12.6 Å². The van der Waals surface area contributed by atoms with E-state index in [1.807, 2.05) is 78.5 Å². The summed E-state index contributed by atoms with van der Waals surface area (Å²) in [6.07, 6.45) is 4.75. The lowest BCUT2D eigenvalue weighted by Crippen LogP contribution is -2.32. The normalized spacial score (nSPS) is 16.0. The summed E-state index contributed by atoms with van der Waals surface area (Å²) in [4.78, 5) is 12.8. The number of amides is 1. The molecule has 1 atom stereocenters. The van der Waals surface area contributed by atoms with Crippen LogP contribution in [0.1, 0.15) is 33.9 Å². The molecular weight excluding hydrogens is 312 g/mol. The van der Waals surface area contributed by atoms with Crippen LogP contribution in [0.4, 0.5) is 0 Å². The van der Waals surface area contributed by atoms with Gasteiger partial charge in [-0.1, -0.05) is 24.3 Å². The Balaban J connectivity index is 1.59. The van der Waals surface area contributed by atoms with Crippen LogP contribution in [-0.2, 0) is 0 Å². The summed E-state index contributed by atoms with van der Waals surface area (Å²) in [6.45, 7) is 2.66. The van der Waals surface area contributed by atoms with Crippen LogP contribution < -0.4 is 10.1 Å². The first-order valence-corrected chi connectivity index (χ1v) is 8.49. The first kappa shape index (κ1) is 15.5. The third kappa shape index (κ3) is 3.03. The molecule has 4 nitrogen and oxygen atoms in total. The zero-order valence-electron chi connectivity index (χ0n) is 14.1. The maximum atomic E-state index is 12.8. The third-order valence-corrected chi connectivity index (χ3v) is 4.62. The number of rotatable bonds is 3. The zero-order chi connectivity index (χ0) is 17.2. The van der Waals surface area contributed by atoms with Crippen molar-refractivity contribution in [3.63, 3.8) is 0 Å². The Labute approximate surface area is 147 Å². The van der Waals surface area contributed by atoms with Gasteiger partial charge in [-0.25, -0.2) is 0 Å². The molecule has 1 aliphatic heterocycles. The molecule has 0 saturated heterocycles. The molecule has 0 aliphatic carbocycles. The molecule has 0 fully saturated rings. The standard InChI is InChI=1S/C21H20N2O2/c1-15-8-9-16(14-19(15)23-11-4-5-12-23)21(24)22-18-10-13-25-20-7-3-2-6-17(18)20/h2-9,11-12,14,18H,10,13H2,1H3,(H,22,24). The quantitative estimate of drug-likeness (QED) is 0.786. The van der Waals surface area contributed by atoms with Crippen LogP contribution in [0.15, 0.2) is 67.0 Å². The zero-order valence-corrected chi connectivity index (χ0v) is 14.1. The van der Waals surface area contributed by atoms with Crippen LogP contribution in [0.2, 0.25) is 0 Å². The van der Waals surface area contributed by atoms with Gasteiger partial charge in [0.15, 0.2) is 0 Å². The molecule has 1 aliphatic rings. The molecule has 2 aromatic carbocycles. The second-order valence-electron chi connectivity index (χ2n) is 6.29. The van der Waals surface area contributed by atoms with E-state index >= 15 is 0 Å². The lowest BCUT2D eigenvalue weighted by Gasteiger charge is -2.26. The Bertz CT molecular complexity index is 900. The Hall–Kier alpha value is -3.01. The first-order chi connectivity index (χ1) is 12.2. The summed E-state index contributed by atoms with van der Waals surface area (Å²) in [5.74, 6) is 0.797. The summed E-state index contributed by atoms with van der Waals surface area (Å²) in [5, 5.41) is 3.16. The number of carbonyl (C=O) groups is 1. The van der Waals surface area contributed by atoms with Crippen LogP contribution in [-0.4, -0.2) is 17.1 Å². The van der Waals surface area contributed by atoms with E-state index in [9.17, 15) is 4.79 Å². The Morgan fingerprint density at radius 2 is 1.92 bits per heavy atom. The van der Waals surface area contributed by atoms with E-state index in [1.165, 1.54) is 0 Å². The fourth-order valence-electron chi connectivity index (χ4n) is 3.26. The molecule has 1 aromatic heterocycles. The van der Waals surface area contributed by atoms with Gasteiger partial charge in [-0.05, 0) is 42.8 Å². The summed E-state index contributed by atoms with van der Waals surface area (Å²) in [5.41, 5.74) is 3.85. The smallest absolute Gasteiger partial charge is 0.251 e. The molecule has 4 rings (SSSR count). The molecule has 25 heavy (non-hydrogen) atoms. The van der Waals surface area contributed by atoms with Gasteiger partial charge in [0.1, 0.15) is 5.75 Å². The van der Waals surface area contributed by atoms with Crippen LogP contribution in [0, 0.1) is 6.92 Å². The van der Waals surface area contributed by atoms with Crippen LogP contribution in [0.25, 0.3) is 5.69 Å². The van der Waals surface area contributed by atoms with E-state index < -0.39 is 0 Å². The highest BCUT2D eigenvalue weighted by Crippen LogP contribution is 2.31. The van der Waals surface area contributed by atoms with Gasteiger partial charge in [0, 0.05) is 35.6 Å². The molecule has 0 spiro atoms. The molecule has 1 amide bonds. The van der Waals surface area contributed by atoms with Gasteiger partial charge in [0.2, 0.25) is 0 Å². The van der Waals surface area contributed by atoms with Crippen molar-refractivity contribution in [2.75, 3.05) is 6.61 Å². The number of ether oxygens (including phenoxy) is 1. The highest BCUT2D eigenvalue weighted by atomic mass is 16.5. The number of aryl methyl sites for hydroxylation is 1. The van der Waals surface area contributed by atoms with Crippen molar-refractivity contribution in [3.05, 3.63) is 83.7 Å². The van der Waals surface area contributed by atoms with E-state index in [0.717, 1.165) is 29.0 Å². The first-order valence-electron chi connectivity index (χ1n) is 8.49. The van der Waals surface area contributed by atoms with Crippen molar-refractivity contribution < 1.29 is 9.53 Å². The van der Waals surface area contributed by atoms with Crippen molar-refractivity contribution in [1.29, 1.82) is 0 Å². The summed E-state index contributed by atoms with van der Waals surface area (Å²) >= 11 is 0. The van der Waals surface area contributed by atoms with Gasteiger partial charge in [0.25, 0.3) is 5.91 Å². The van der Waals surface area contributed by atoms with E-state index in [2.05, 4.69) is 5.32 Å². The van der Waals surface area contributed by atoms with Crippen molar-refractivity contribution >= 4 is 5.91 Å². The molecule has 1 N–H and O–H groups in total. The second kappa shape index (κ2) is 6.48. The average molecular weight is 332 g/mol. The number of fused-ring (bicyclic) bond motifs is 1. The third-order valence-electron chi connectivity index (χ3n) is 4.62. The molecule has 0 bridgehead atoms. The predicted molar refractivity (Wildman–Crippen MR) is 97.3 cm³/mol. The molecular formula is C21H20N2O2. The minimum atomic E-state index is -0.0601. The molecule has 4 heteroatoms. The number of hydrogen-bond acceptors (Lipinski definition) is 2. The highest BCUT2D eigenvalue weighted by molar-refractivity contribution is 5.95. The Kier molecular flexibility index (Phi) is 4.02. The largest absolute Gasteiger partial charge is 0.493 e. The van der Waals surface area contributed by atoms with Crippen molar-refractivity contribution in [1.82, 2.24) is 9.88 Å². The summed E-state index contributed by atoms with van der Waals surface area (Å²) in [7, 11) is 0. The SMILES string of the molecule is Cc1ccc(C(=O)NC2CCOc3ccccc32)cc1-n1cccc1. The lowest BCUT2D eigenvalue weighted by molar-refractivity contribution is 0.0925. The van der Waals surface area contributed by atoms with Crippen LogP contribution in [0.5, 0.6) is 5.75 Å². The molecule has 2 heterocycles. The van der Waals surface area contributed by atoms with Crippen molar-refractivity contribution in [2.24, 2.45) is 0 Å². The Morgan fingerprint density at radius 3 is 2.76 bits per heavy atom. The second-order valence-corrected chi connectivity index (χ2v) is 6.29. The number of nitrogens with zero attached hydrogens (tertiary/aromatic N) is 1. The van der Waals surface area contributed by atoms with Gasteiger partial charge in [-0.15, -0.1) is 0 Å². The van der Waals surface area contributed by atoms with Crippen LogP contribution >= 0.6 is 0 Å². The number of carbonyl (C=O) groups excluding carboxylic acids is 1. The van der Waals surface area contributed by atoms with E-state index in [4.69, 9.17) is 4.74 Å². The molecule has 0 radical (unpaired) electrons. The fourth-order valence-corrected chi connectivity index (χ4v) is 3.26. The van der Waals surface area contributed by atoms with E-state index in [0.29, 0.717) is 12.2 Å². The van der Waals surface area contributed by atoms with Gasteiger partial charge >= 0.3 is 0 Å². The Morgan fingerprint density at radius 1 is 1.12 bits per heavy atom. The minimum Gasteiger partial charge on any atom is -0.493 e. The van der Waals surface area contributed by atoms with E-state index in [1.54, 1.807) is 0 Å². The number of benzene rings is 2. The minimum absolute atomic E-state index is 0.0196. The topological polar surface area (TPSA) is 43.3 Å². The van der Waals surface area contributed by atoms with E-state index in [-0.39, 0.29) is 11.9 Å². The predicted octanol–water partition coefficient (Wildman–Crippen LogP) is 4.04. The molecule has 126 valence electrons. The fraction of sp³-hybridized carbons (Fsp3) is 0.190. The van der Waals surface area contributed by atoms with Crippen molar-refractivity contribution in [3.8, 4) is 11.4 Å². The lowest BCUT2D eigenvalue weighted by atomic mass is 10.00. The highest BCUT2D eigenvalue weighted by Gasteiger charge is 2.23. The van der Waals surface area contributed by atoms with Gasteiger partial charge in [-0.3, -0.25) is 4.79 Å². The number of para-hydroxylation sites is 1. The number of hydrogen-bond donors (Lipinski definition) is 1. The summed E-state index contributed by atoms with van der Waals surface area (Å²) in [6, 6.07) is 17.6. The maximum Gasteiger partial charge on any atom is 0.251 e. The van der Waals surface area contributed by atoms with Gasteiger partial charge in [-0.2, -0.15) is 0 Å². The maximum absolute atomic E-state index is 12.8. The number of aromatic nitrogens is 1. The van der Waals surface area contributed by atoms with Crippen LogP contribution in [0.3, 0.4) is 0 Å². The van der Waals surface area contributed by atoms with Gasteiger partial charge < -0.3 is 14.6 Å². The monoisotopic (exact) mass is 332 g/mol. The molecule has 0 saturated carbocycles. The number of nitrogens with one attached hydrogen (secondary N) is 1. The summed E-state index contributed by atoms with van der Waals surface area (Å²) < 4.78 is 7.69. The average Bonchev–Trinajstić information content (AvgIpc) is 3.17. The van der Waals surface area contributed by atoms with Crippen molar-refractivity contribution in [2.45, 2.75) is 19.4 Å². The molecule has 3 aromatic rings. The molecule has 1 unspecified atom stereocenters.